The Bertz CT molecular complexity index is 433. The molecule has 1 aliphatic rings. The highest BCUT2D eigenvalue weighted by atomic mass is 19.1. The van der Waals surface area contributed by atoms with Gasteiger partial charge < -0.3 is 10.0 Å². The number of aliphatic hydroxyl groups excluding tert-OH is 1. The summed E-state index contributed by atoms with van der Waals surface area (Å²) in [6.07, 6.45) is 1.06. The zero-order valence-corrected chi connectivity index (χ0v) is 9.82. The van der Waals surface area contributed by atoms with Crippen molar-refractivity contribution in [3.63, 3.8) is 0 Å². The van der Waals surface area contributed by atoms with Crippen LogP contribution in [0.3, 0.4) is 0 Å². The minimum atomic E-state index is -0.457. The van der Waals surface area contributed by atoms with Crippen molar-refractivity contribution in [1.82, 2.24) is 4.90 Å². The molecule has 1 aliphatic heterocycles. The lowest BCUT2D eigenvalue weighted by molar-refractivity contribution is 0.0473. The van der Waals surface area contributed by atoms with E-state index in [1.807, 2.05) is 0 Å². The van der Waals surface area contributed by atoms with E-state index >= 15 is 0 Å². The average Bonchev–Trinajstić information content (AvgIpc) is 2.31. The lowest BCUT2D eigenvalue weighted by atomic mass is 10.0. The molecule has 1 atom stereocenters. The number of amides is 1. The van der Waals surface area contributed by atoms with Gasteiger partial charge in [-0.3, -0.25) is 4.79 Å². The fourth-order valence-electron chi connectivity index (χ4n) is 2.13. The average molecular weight is 237 g/mol. The third-order valence-corrected chi connectivity index (χ3v) is 3.11. The van der Waals surface area contributed by atoms with Crippen molar-refractivity contribution in [3.05, 3.63) is 35.1 Å². The first kappa shape index (κ1) is 12.0. The third kappa shape index (κ3) is 2.64. The van der Waals surface area contributed by atoms with Crippen LogP contribution in [0.15, 0.2) is 18.2 Å². The second-order valence-electron chi connectivity index (χ2n) is 4.51. The summed E-state index contributed by atoms with van der Waals surface area (Å²) in [6, 6.07) is 4.21. The number of likely N-dealkylation sites (tertiary alicyclic amines) is 1. The molecule has 92 valence electrons. The molecule has 17 heavy (non-hydrogen) atoms. The molecule has 0 aliphatic carbocycles. The summed E-state index contributed by atoms with van der Waals surface area (Å²) >= 11 is 0. The van der Waals surface area contributed by atoms with E-state index in [0.717, 1.165) is 18.4 Å². The van der Waals surface area contributed by atoms with E-state index in [9.17, 15) is 14.3 Å². The van der Waals surface area contributed by atoms with Gasteiger partial charge in [-0.2, -0.15) is 0 Å². The molecule has 1 N–H and O–H groups in total. The Labute approximate surface area is 99.9 Å². The van der Waals surface area contributed by atoms with Crippen LogP contribution in [0.25, 0.3) is 0 Å². The maximum atomic E-state index is 13.1. The Morgan fingerprint density at radius 2 is 2.29 bits per heavy atom. The summed E-state index contributed by atoms with van der Waals surface area (Å²) < 4.78 is 13.1. The first-order chi connectivity index (χ1) is 8.08. The Balaban J connectivity index is 2.21. The van der Waals surface area contributed by atoms with E-state index in [-0.39, 0.29) is 5.91 Å². The van der Waals surface area contributed by atoms with Crippen LogP contribution in [0.2, 0.25) is 0 Å². The van der Waals surface area contributed by atoms with Gasteiger partial charge in [0.1, 0.15) is 5.82 Å². The largest absolute Gasteiger partial charge is 0.391 e. The molecule has 1 aromatic rings. The normalized spacial score (nSPS) is 20.4. The number of carbonyl (C=O) groups excluding carboxylic acids is 1. The molecule has 0 bridgehead atoms. The Morgan fingerprint density at radius 1 is 1.53 bits per heavy atom. The van der Waals surface area contributed by atoms with Crippen LogP contribution in [0.5, 0.6) is 0 Å². The molecule has 1 fully saturated rings. The van der Waals surface area contributed by atoms with Gasteiger partial charge in [-0.15, -0.1) is 0 Å². The molecule has 4 heteroatoms. The van der Waals surface area contributed by atoms with Gasteiger partial charge in [0.15, 0.2) is 0 Å². The maximum absolute atomic E-state index is 13.1. The van der Waals surface area contributed by atoms with Crippen molar-refractivity contribution in [3.8, 4) is 0 Å². The van der Waals surface area contributed by atoms with Crippen molar-refractivity contribution in [2.45, 2.75) is 25.9 Å². The second kappa shape index (κ2) is 4.84. The quantitative estimate of drug-likeness (QED) is 0.808. The van der Waals surface area contributed by atoms with Gasteiger partial charge in [0.2, 0.25) is 0 Å². The molecule has 1 saturated heterocycles. The molecular weight excluding hydrogens is 221 g/mol. The number of carbonyl (C=O) groups is 1. The van der Waals surface area contributed by atoms with Gasteiger partial charge in [-0.25, -0.2) is 4.39 Å². The van der Waals surface area contributed by atoms with E-state index in [0.29, 0.717) is 18.7 Å². The van der Waals surface area contributed by atoms with E-state index in [1.165, 1.54) is 12.1 Å². The molecule has 0 unspecified atom stereocenters. The minimum Gasteiger partial charge on any atom is -0.391 e. The molecule has 0 saturated carbocycles. The fourth-order valence-corrected chi connectivity index (χ4v) is 2.13. The topological polar surface area (TPSA) is 40.5 Å². The lowest BCUT2D eigenvalue weighted by Crippen LogP contribution is -2.42. The second-order valence-corrected chi connectivity index (χ2v) is 4.51. The number of β-amino-alcohol motifs (C(OH)–C–C–N with tert-alkyl or cyclic N) is 1. The summed E-state index contributed by atoms with van der Waals surface area (Å²) in [5.41, 5.74) is 1.15. The van der Waals surface area contributed by atoms with E-state index in [2.05, 4.69) is 0 Å². The van der Waals surface area contributed by atoms with Crippen molar-refractivity contribution < 1.29 is 14.3 Å². The Kier molecular flexibility index (Phi) is 3.43. The first-order valence-electron chi connectivity index (χ1n) is 5.81. The van der Waals surface area contributed by atoms with E-state index < -0.39 is 11.9 Å². The van der Waals surface area contributed by atoms with Crippen molar-refractivity contribution in [2.24, 2.45) is 0 Å². The standard InChI is InChI=1S/C13H16FNO2/c1-9-4-5-10(14)7-12(9)13(17)15-6-2-3-11(16)8-15/h4-5,7,11,16H,2-3,6,8H2,1H3/t11-/m0/s1. The molecule has 0 radical (unpaired) electrons. The van der Waals surface area contributed by atoms with Crippen LogP contribution in [0.1, 0.15) is 28.8 Å². The number of aryl methyl sites for hydroxylation is 1. The lowest BCUT2D eigenvalue weighted by Gasteiger charge is -2.30. The van der Waals surface area contributed by atoms with E-state index in [4.69, 9.17) is 0 Å². The van der Waals surface area contributed by atoms with Crippen LogP contribution in [0, 0.1) is 12.7 Å². The summed E-state index contributed by atoms with van der Waals surface area (Å²) in [6.45, 7) is 2.76. The zero-order valence-electron chi connectivity index (χ0n) is 9.82. The predicted molar refractivity (Wildman–Crippen MR) is 62.3 cm³/mol. The number of rotatable bonds is 1. The molecular formula is C13H16FNO2. The van der Waals surface area contributed by atoms with Crippen molar-refractivity contribution in [2.75, 3.05) is 13.1 Å². The minimum absolute atomic E-state index is 0.194. The van der Waals surface area contributed by atoms with E-state index in [1.54, 1.807) is 17.9 Å². The molecule has 0 aromatic heterocycles. The van der Waals surface area contributed by atoms with Gasteiger partial charge >= 0.3 is 0 Å². The SMILES string of the molecule is Cc1ccc(F)cc1C(=O)N1CCC[C@H](O)C1. The maximum Gasteiger partial charge on any atom is 0.254 e. The number of hydrogen-bond acceptors (Lipinski definition) is 2. The van der Waals surface area contributed by atoms with Crippen LogP contribution in [-0.2, 0) is 0 Å². The van der Waals surface area contributed by atoms with Crippen LogP contribution in [-0.4, -0.2) is 35.1 Å². The Hall–Kier alpha value is -1.42. The van der Waals surface area contributed by atoms with Crippen molar-refractivity contribution >= 4 is 5.91 Å². The number of nitrogens with zero attached hydrogens (tertiary/aromatic N) is 1. The Morgan fingerprint density at radius 3 is 3.00 bits per heavy atom. The highest BCUT2D eigenvalue weighted by Crippen LogP contribution is 2.17. The van der Waals surface area contributed by atoms with Crippen LogP contribution in [0.4, 0.5) is 4.39 Å². The van der Waals surface area contributed by atoms with Gasteiger partial charge in [0.25, 0.3) is 5.91 Å². The molecule has 1 heterocycles. The molecule has 1 amide bonds. The first-order valence-corrected chi connectivity index (χ1v) is 5.81. The molecule has 0 spiro atoms. The predicted octanol–water partition coefficient (Wildman–Crippen LogP) is 1.73. The van der Waals surface area contributed by atoms with Crippen molar-refractivity contribution in [1.29, 1.82) is 0 Å². The summed E-state index contributed by atoms with van der Waals surface area (Å²) in [4.78, 5) is 13.8. The van der Waals surface area contributed by atoms with Gasteiger partial charge in [-0.1, -0.05) is 6.07 Å². The number of halogens is 1. The fraction of sp³-hybridized carbons (Fsp3) is 0.462. The number of hydrogen-bond donors (Lipinski definition) is 1. The van der Waals surface area contributed by atoms with Crippen LogP contribution < -0.4 is 0 Å². The van der Waals surface area contributed by atoms with Gasteiger partial charge in [0, 0.05) is 18.7 Å². The summed E-state index contributed by atoms with van der Waals surface area (Å²) in [7, 11) is 0. The third-order valence-electron chi connectivity index (χ3n) is 3.11. The summed E-state index contributed by atoms with van der Waals surface area (Å²) in [5.74, 6) is -0.600. The highest BCUT2D eigenvalue weighted by molar-refractivity contribution is 5.95. The molecule has 3 nitrogen and oxygen atoms in total. The smallest absolute Gasteiger partial charge is 0.254 e. The number of aliphatic hydroxyl groups is 1. The monoisotopic (exact) mass is 237 g/mol. The number of piperidine rings is 1. The molecule has 2 rings (SSSR count). The highest BCUT2D eigenvalue weighted by Gasteiger charge is 2.24. The summed E-state index contributed by atoms with van der Waals surface area (Å²) in [5, 5.41) is 9.53. The van der Waals surface area contributed by atoms with Gasteiger partial charge in [-0.05, 0) is 37.5 Å². The number of benzene rings is 1. The van der Waals surface area contributed by atoms with Crippen LogP contribution >= 0.6 is 0 Å². The molecule has 1 aromatic carbocycles. The zero-order chi connectivity index (χ0) is 12.4. The van der Waals surface area contributed by atoms with Gasteiger partial charge in [0.05, 0.1) is 6.10 Å².